The molecule has 0 saturated heterocycles. The average molecular weight is 229 g/mol. The quantitative estimate of drug-likeness (QED) is 0.514. The maximum absolute atomic E-state index is 10.6. The zero-order chi connectivity index (χ0) is 10.8. The number of aromatic carboxylic acids is 1. The normalized spacial score (nSPS) is 13.6. The number of carboxylic acid groups (broad SMARTS) is 1. The Bertz CT molecular complexity index is 453. The van der Waals surface area contributed by atoms with Gasteiger partial charge in [-0.2, -0.15) is 9.89 Å². The molecule has 2 heterocycles. The molecule has 7 nitrogen and oxygen atoms in total. The first-order valence-electron chi connectivity index (χ1n) is 4.20. The van der Waals surface area contributed by atoms with Crippen LogP contribution in [0.1, 0.15) is 10.4 Å². The number of carbonyl (C=O) groups excluding carboxylic acids is 1. The second-order valence-electron chi connectivity index (χ2n) is 2.89. The Kier molecular flexibility index (Phi) is 4.11. The van der Waals surface area contributed by atoms with Crippen LogP contribution in [0.5, 0.6) is 0 Å². The molecule has 0 aliphatic carbocycles. The molecule has 0 aromatic carbocycles. The number of carboxylic acids is 1. The van der Waals surface area contributed by atoms with Gasteiger partial charge in [-0.3, -0.25) is 0 Å². The number of aromatic nitrogens is 2. The molecule has 0 atom stereocenters. The van der Waals surface area contributed by atoms with Crippen molar-refractivity contribution in [3.05, 3.63) is 24.0 Å². The van der Waals surface area contributed by atoms with Crippen molar-refractivity contribution >= 4 is 18.1 Å². The molecule has 0 radical (unpaired) electrons. The molecule has 0 bridgehead atoms. The van der Waals surface area contributed by atoms with Crippen LogP contribution < -0.4 is 45.4 Å². The molecule has 1 aromatic heterocycles. The van der Waals surface area contributed by atoms with Crippen molar-refractivity contribution < 1.29 is 39.5 Å². The second-order valence-corrected chi connectivity index (χ2v) is 2.89. The number of nitrogens with two attached hydrogens (primary N) is 1. The zero-order valence-electron chi connectivity index (χ0n) is 8.70. The van der Waals surface area contributed by atoms with Crippen LogP contribution in [0.15, 0.2) is 23.5 Å². The molecule has 1 aliphatic heterocycles. The minimum absolute atomic E-state index is 0. The van der Waals surface area contributed by atoms with E-state index < -0.39 is 5.97 Å². The molecule has 2 N–H and O–H groups in total. The number of carbonyl (C=O) groups is 1. The van der Waals surface area contributed by atoms with Gasteiger partial charge in [0.05, 0.1) is 24.3 Å². The van der Waals surface area contributed by atoms with Crippen molar-refractivity contribution in [2.45, 2.75) is 0 Å². The molecular weight excluding hydrogens is 221 g/mol. The number of anilines is 1. The van der Waals surface area contributed by atoms with E-state index in [-0.39, 0.29) is 40.9 Å². The molecule has 1 aromatic rings. The van der Waals surface area contributed by atoms with Crippen molar-refractivity contribution in [2.24, 2.45) is 4.99 Å². The van der Waals surface area contributed by atoms with Crippen molar-refractivity contribution in [2.75, 3.05) is 17.3 Å². The summed E-state index contributed by atoms with van der Waals surface area (Å²) in [5.41, 5.74) is 5.46. The number of nitrogens with zero attached hydrogens (tertiary/aromatic N) is 4. The maximum Gasteiger partial charge on any atom is 1.00 e. The summed E-state index contributed by atoms with van der Waals surface area (Å²) in [5, 5.41) is 16.0. The van der Waals surface area contributed by atoms with Gasteiger partial charge in [-0.05, 0) is 6.08 Å². The van der Waals surface area contributed by atoms with Crippen LogP contribution in [0.4, 0.5) is 5.82 Å². The Balaban J connectivity index is 0.00000128. The Morgan fingerprint density at radius 2 is 2.31 bits per heavy atom. The Labute approximate surface area is 114 Å². The van der Waals surface area contributed by atoms with Gasteiger partial charge in [0.1, 0.15) is 6.34 Å². The summed E-state index contributed by atoms with van der Waals surface area (Å²) in [5.74, 6) is -1.32. The number of hydrogen-bond acceptors (Lipinski definition) is 6. The van der Waals surface area contributed by atoms with E-state index in [1.807, 2.05) is 0 Å². The minimum atomic E-state index is -1.34. The third-order valence-corrected chi connectivity index (χ3v) is 1.93. The van der Waals surface area contributed by atoms with Gasteiger partial charge >= 0.3 is 29.6 Å². The van der Waals surface area contributed by atoms with Gasteiger partial charge in [0, 0.05) is 6.20 Å². The molecule has 0 unspecified atom stereocenters. The molecule has 16 heavy (non-hydrogen) atoms. The van der Waals surface area contributed by atoms with E-state index in [4.69, 9.17) is 5.73 Å². The topological polar surface area (TPSA) is 99.6 Å². The first kappa shape index (κ1) is 12.8. The van der Waals surface area contributed by atoms with Crippen LogP contribution in [0.2, 0.25) is 0 Å². The number of rotatable bonds is 2. The number of nitrogen functional groups attached to an aromatic ring is 1. The monoisotopic (exact) mass is 229 g/mol. The summed E-state index contributed by atoms with van der Waals surface area (Å²) < 4.78 is 0. The predicted molar refractivity (Wildman–Crippen MR) is 51.7 cm³/mol. The summed E-state index contributed by atoms with van der Waals surface area (Å²) >= 11 is 0. The smallest absolute Gasteiger partial charge is 0.545 e. The van der Waals surface area contributed by atoms with Crippen molar-refractivity contribution in [1.82, 2.24) is 9.89 Å². The first-order valence-corrected chi connectivity index (χ1v) is 4.20. The van der Waals surface area contributed by atoms with Crippen molar-refractivity contribution in [3.63, 3.8) is 0 Å². The van der Waals surface area contributed by atoms with Crippen LogP contribution >= 0.6 is 0 Å². The molecule has 2 rings (SSSR count). The van der Waals surface area contributed by atoms with Crippen LogP contribution in [0.3, 0.4) is 0 Å². The Morgan fingerprint density at radius 3 is 2.81 bits per heavy atom. The van der Waals surface area contributed by atoms with Crippen LogP contribution in [0.25, 0.3) is 0 Å². The average Bonchev–Trinajstić information content (AvgIpc) is 2.61. The van der Waals surface area contributed by atoms with Crippen LogP contribution in [0, 0.1) is 0 Å². The van der Waals surface area contributed by atoms with E-state index in [0.29, 0.717) is 6.54 Å². The van der Waals surface area contributed by atoms with Crippen molar-refractivity contribution in [1.29, 1.82) is 0 Å². The standard InChI is InChI=1S/C8H9N5O2.Na/c9-7-6(8(14)15)4-11-13(7)12-3-1-2-10-5-12;/h1-2,4-5H,3,9H2,(H,14,15);/q;+1/p-1. The van der Waals surface area contributed by atoms with Crippen LogP contribution in [-0.4, -0.2) is 28.7 Å². The molecule has 0 saturated carbocycles. The maximum atomic E-state index is 10.6. The summed E-state index contributed by atoms with van der Waals surface area (Å²) in [6.45, 7) is 0.530. The minimum Gasteiger partial charge on any atom is -0.545 e. The molecule has 0 amide bonds. The van der Waals surface area contributed by atoms with Crippen LogP contribution in [-0.2, 0) is 0 Å². The van der Waals surface area contributed by atoms with Gasteiger partial charge in [-0.25, -0.2) is 10.0 Å². The summed E-state index contributed by atoms with van der Waals surface area (Å²) in [7, 11) is 0. The van der Waals surface area contributed by atoms with Gasteiger partial charge in [0.2, 0.25) is 0 Å². The molecule has 0 spiro atoms. The second kappa shape index (κ2) is 5.15. The number of hydrogen-bond donors (Lipinski definition) is 1. The molecule has 8 heteroatoms. The first-order chi connectivity index (χ1) is 7.20. The largest absolute Gasteiger partial charge is 1.00 e. The SMILES string of the molecule is Nc1c(C(=O)[O-])cnn1N1C=NC=CC1.[Na+]. The van der Waals surface area contributed by atoms with Gasteiger partial charge in [0.25, 0.3) is 0 Å². The van der Waals surface area contributed by atoms with Gasteiger partial charge in [-0.15, -0.1) is 0 Å². The fourth-order valence-electron chi connectivity index (χ4n) is 1.22. The van der Waals surface area contributed by atoms with Gasteiger partial charge in [-0.1, -0.05) is 0 Å². The molecular formula is C8H8N5NaO2. The third-order valence-electron chi connectivity index (χ3n) is 1.93. The zero-order valence-corrected chi connectivity index (χ0v) is 10.7. The predicted octanol–water partition coefficient (Wildman–Crippen LogP) is -4.67. The van der Waals surface area contributed by atoms with E-state index in [2.05, 4.69) is 10.1 Å². The molecule has 78 valence electrons. The van der Waals surface area contributed by atoms with E-state index in [1.165, 1.54) is 11.1 Å². The Hall–Kier alpha value is -1.31. The third kappa shape index (κ3) is 2.26. The van der Waals surface area contributed by atoms with E-state index in [1.54, 1.807) is 17.3 Å². The van der Waals surface area contributed by atoms with E-state index in [9.17, 15) is 9.90 Å². The number of aliphatic imine (C=N–C) groups is 1. The fourth-order valence-corrected chi connectivity index (χ4v) is 1.22. The summed E-state index contributed by atoms with van der Waals surface area (Å²) in [6, 6.07) is 0. The van der Waals surface area contributed by atoms with Crippen molar-refractivity contribution in [3.8, 4) is 0 Å². The Morgan fingerprint density at radius 1 is 1.56 bits per heavy atom. The summed E-state index contributed by atoms with van der Waals surface area (Å²) in [6.07, 6.45) is 6.08. The van der Waals surface area contributed by atoms with E-state index >= 15 is 0 Å². The van der Waals surface area contributed by atoms with E-state index in [0.717, 1.165) is 6.20 Å². The van der Waals surface area contributed by atoms with Gasteiger partial charge in [0.15, 0.2) is 5.82 Å². The molecule has 1 aliphatic rings. The van der Waals surface area contributed by atoms with Gasteiger partial charge < -0.3 is 15.6 Å². The summed E-state index contributed by atoms with van der Waals surface area (Å²) in [4.78, 5) is 15.7. The molecule has 0 fully saturated rings. The fraction of sp³-hybridized carbons (Fsp3) is 0.125.